The van der Waals surface area contributed by atoms with Crippen molar-refractivity contribution in [2.45, 2.75) is 13.0 Å². The molecule has 1 heterocycles. The molecule has 0 saturated carbocycles. The number of methoxy groups -OCH3 is 1. The Labute approximate surface area is 124 Å². The number of carbonyl (C=O) groups is 1. The molecule has 1 aromatic heterocycles. The lowest BCUT2D eigenvalue weighted by Crippen LogP contribution is -2.22. The molecule has 100 valence electrons. The molecule has 19 heavy (non-hydrogen) atoms. The first-order valence-corrected chi connectivity index (χ1v) is 7.29. The molecule has 2 aromatic rings. The molecule has 0 aliphatic carbocycles. The topological polar surface area (TPSA) is 51.2 Å². The fraction of sp³-hybridized carbons (Fsp3) is 0.231. The molecule has 2 rings (SSSR count). The summed E-state index contributed by atoms with van der Waals surface area (Å²) >= 11 is 4.84. The van der Waals surface area contributed by atoms with Gasteiger partial charge in [0.05, 0.1) is 23.2 Å². The Morgan fingerprint density at radius 1 is 1.53 bits per heavy atom. The fourth-order valence-electron chi connectivity index (χ4n) is 1.68. The van der Waals surface area contributed by atoms with Gasteiger partial charge in [0.15, 0.2) is 6.04 Å². The average molecular weight is 341 g/mol. The van der Waals surface area contributed by atoms with Crippen LogP contribution in [0.15, 0.2) is 34.2 Å². The molecule has 4 nitrogen and oxygen atoms in total. The van der Waals surface area contributed by atoms with Gasteiger partial charge in [-0.25, -0.2) is 9.78 Å². The van der Waals surface area contributed by atoms with E-state index in [1.165, 1.54) is 18.4 Å². The SMILES string of the molecule is COC(=O)C(Nc1cccc(Br)c1)c1scnc1C. The Kier molecular flexibility index (Phi) is 4.55. The maximum atomic E-state index is 11.9. The van der Waals surface area contributed by atoms with Crippen LogP contribution in [0.1, 0.15) is 16.6 Å². The molecule has 0 fully saturated rings. The van der Waals surface area contributed by atoms with E-state index in [-0.39, 0.29) is 5.97 Å². The summed E-state index contributed by atoms with van der Waals surface area (Å²) in [6.07, 6.45) is 0. The minimum Gasteiger partial charge on any atom is -0.467 e. The summed E-state index contributed by atoms with van der Waals surface area (Å²) in [5, 5.41) is 3.18. The average Bonchev–Trinajstić information content (AvgIpc) is 2.81. The highest BCUT2D eigenvalue weighted by molar-refractivity contribution is 9.10. The zero-order chi connectivity index (χ0) is 13.8. The molecule has 0 radical (unpaired) electrons. The Hall–Kier alpha value is -1.40. The van der Waals surface area contributed by atoms with E-state index < -0.39 is 6.04 Å². The minimum atomic E-state index is -0.535. The molecule has 0 spiro atoms. The van der Waals surface area contributed by atoms with Crippen LogP contribution in [0.5, 0.6) is 0 Å². The van der Waals surface area contributed by atoms with Crippen LogP contribution in [0.3, 0.4) is 0 Å². The smallest absolute Gasteiger partial charge is 0.333 e. The fourth-order valence-corrected chi connectivity index (χ4v) is 2.92. The lowest BCUT2D eigenvalue weighted by atomic mass is 10.2. The zero-order valence-corrected chi connectivity index (χ0v) is 12.9. The third kappa shape index (κ3) is 3.33. The second-order valence-corrected chi connectivity index (χ2v) is 5.71. The van der Waals surface area contributed by atoms with E-state index in [1.54, 1.807) is 5.51 Å². The van der Waals surface area contributed by atoms with Crippen molar-refractivity contribution in [1.29, 1.82) is 0 Å². The van der Waals surface area contributed by atoms with Gasteiger partial charge in [0.1, 0.15) is 0 Å². The Balaban J connectivity index is 2.29. The number of hydrogen-bond acceptors (Lipinski definition) is 5. The zero-order valence-electron chi connectivity index (χ0n) is 10.5. The van der Waals surface area contributed by atoms with Gasteiger partial charge in [0.25, 0.3) is 0 Å². The van der Waals surface area contributed by atoms with Gasteiger partial charge in [-0.1, -0.05) is 22.0 Å². The van der Waals surface area contributed by atoms with Crippen LogP contribution in [0.25, 0.3) is 0 Å². The molecule has 0 aliphatic rings. The molecular formula is C13H13BrN2O2S. The highest BCUT2D eigenvalue weighted by Gasteiger charge is 2.24. The van der Waals surface area contributed by atoms with Crippen molar-refractivity contribution in [2.24, 2.45) is 0 Å². The van der Waals surface area contributed by atoms with Crippen LogP contribution in [0.2, 0.25) is 0 Å². The van der Waals surface area contributed by atoms with E-state index in [1.807, 2.05) is 31.2 Å². The molecule has 0 bridgehead atoms. The lowest BCUT2D eigenvalue weighted by molar-refractivity contribution is -0.141. The summed E-state index contributed by atoms with van der Waals surface area (Å²) in [5.41, 5.74) is 3.41. The van der Waals surface area contributed by atoms with Crippen molar-refractivity contribution in [1.82, 2.24) is 4.98 Å². The number of benzene rings is 1. The quantitative estimate of drug-likeness (QED) is 0.865. The number of anilines is 1. The van der Waals surface area contributed by atoms with Gasteiger partial charge in [-0.05, 0) is 25.1 Å². The number of rotatable bonds is 4. The standard InChI is InChI=1S/C13H13BrN2O2S/c1-8-12(19-7-15-8)11(13(17)18-2)16-10-5-3-4-9(14)6-10/h3-7,11,16H,1-2H3. The molecule has 1 unspecified atom stereocenters. The first kappa shape index (κ1) is 14.0. The summed E-state index contributed by atoms with van der Waals surface area (Å²) < 4.78 is 5.81. The van der Waals surface area contributed by atoms with E-state index in [0.29, 0.717) is 0 Å². The molecule has 1 aromatic carbocycles. The predicted molar refractivity (Wildman–Crippen MR) is 79.4 cm³/mol. The largest absolute Gasteiger partial charge is 0.467 e. The third-order valence-corrected chi connectivity index (χ3v) is 4.11. The van der Waals surface area contributed by atoms with Gasteiger partial charge in [0.2, 0.25) is 0 Å². The van der Waals surface area contributed by atoms with Gasteiger partial charge < -0.3 is 10.1 Å². The number of aryl methyl sites for hydroxylation is 1. The third-order valence-electron chi connectivity index (χ3n) is 2.62. The predicted octanol–water partition coefficient (Wildman–Crippen LogP) is 3.54. The van der Waals surface area contributed by atoms with Crippen LogP contribution in [0, 0.1) is 6.92 Å². The number of ether oxygens (including phenoxy) is 1. The Morgan fingerprint density at radius 2 is 2.32 bits per heavy atom. The molecule has 0 amide bonds. The summed E-state index contributed by atoms with van der Waals surface area (Å²) in [7, 11) is 1.38. The van der Waals surface area contributed by atoms with Crippen LogP contribution in [-0.4, -0.2) is 18.1 Å². The van der Waals surface area contributed by atoms with E-state index >= 15 is 0 Å². The van der Waals surface area contributed by atoms with E-state index in [9.17, 15) is 4.79 Å². The maximum absolute atomic E-state index is 11.9. The van der Waals surface area contributed by atoms with Crippen molar-refractivity contribution in [3.8, 4) is 0 Å². The van der Waals surface area contributed by atoms with Gasteiger partial charge in [-0.2, -0.15) is 0 Å². The molecular weight excluding hydrogens is 328 g/mol. The number of nitrogens with zero attached hydrogens (tertiary/aromatic N) is 1. The number of thiazole rings is 1. The van der Waals surface area contributed by atoms with Crippen molar-refractivity contribution in [2.75, 3.05) is 12.4 Å². The molecule has 1 atom stereocenters. The van der Waals surface area contributed by atoms with Gasteiger partial charge in [-0.3, -0.25) is 0 Å². The highest BCUT2D eigenvalue weighted by atomic mass is 79.9. The second-order valence-electron chi connectivity index (χ2n) is 3.91. The van der Waals surface area contributed by atoms with E-state index in [0.717, 1.165) is 20.7 Å². The monoisotopic (exact) mass is 340 g/mol. The summed E-state index contributed by atoms with van der Waals surface area (Å²) in [5.74, 6) is -0.327. The second kappa shape index (κ2) is 6.16. The van der Waals surface area contributed by atoms with Gasteiger partial charge in [0, 0.05) is 10.2 Å². The first-order chi connectivity index (χ1) is 9.11. The highest BCUT2D eigenvalue weighted by Crippen LogP contribution is 2.27. The van der Waals surface area contributed by atoms with Crippen LogP contribution in [0.4, 0.5) is 5.69 Å². The van der Waals surface area contributed by atoms with Crippen LogP contribution >= 0.6 is 27.3 Å². The lowest BCUT2D eigenvalue weighted by Gasteiger charge is -2.17. The maximum Gasteiger partial charge on any atom is 0.333 e. The van der Waals surface area contributed by atoms with Gasteiger partial charge >= 0.3 is 5.97 Å². The van der Waals surface area contributed by atoms with Crippen molar-refractivity contribution < 1.29 is 9.53 Å². The number of esters is 1. The molecule has 1 N–H and O–H groups in total. The molecule has 0 aliphatic heterocycles. The summed E-state index contributed by atoms with van der Waals surface area (Å²) in [6.45, 7) is 1.88. The first-order valence-electron chi connectivity index (χ1n) is 5.61. The van der Waals surface area contributed by atoms with Gasteiger partial charge in [-0.15, -0.1) is 11.3 Å². The minimum absolute atomic E-state index is 0.327. The normalized spacial score (nSPS) is 11.9. The van der Waals surface area contributed by atoms with Crippen LogP contribution in [-0.2, 0) is 9.53 Å². The number of halogens is 1. The van der Waals surface area contributed by atoms with Crippen molar-refractivity contribution in [3.05, 3.63) is 44.8 Å². The molecule has 0 saturated heterocycles. The number of hydrogen-bond donors (Lipinski definition) is 1. The summed E-state index contributed by atoms with van der Waals surface area (Å²) in [6, 6.07) is 7.10. The number of carbonyl (C=O) groups excluding carboxylic acids is 1. The Bertz CT molecular complexity index is 586. The summed E-state index contributed by atoms with van der Waals surface area (Å²) in [4.78, 5) is 17.0. The van der Waals surface area contributed by atoms with Crippen LogP contribution < -0.4 is 5.32 Å². The Morgan fingerprint density at radius 3 is 2.89 bits per heavy atom. The number of nitrogens with one attached hydrogen (secondary N) is 1. The van der Waals surface area contributed by atoms with E-state index in [2.05, 4.69) is 26.2 Å². The van der Waals surface area contributed by atoms with Crippen molar-refractivity contribution in [3.63, 3.8) is 0 Å². The number of aromatic nitrogens is 1. The van der Waals surface area contributed by atoms with Crippen molar-refractivity contribution >= 4 is 38.9 Å². The molecule has 6 heteroatoms. The van der Waals surface area contributed by atoms with E-state index in [4.69, 9.17) is 4.74 Å².